The molecule has 3 aromatic carbocycles. The normalized spacial score (nSPS) is 11.6. The Bertz CT molecular complexity index is 1070. The Kier molecular flexibility index (Phi) is 7.60. The molecule has 2 N–H and O–H groups in total. The standard InChI is InChI=1S/C24H21Cl3N2O2/c1-14-5-3-6-18(25)21(14)23(30)28-15(2)13-16-9-11-17(12-10-16)29-24(31)22-19(26)7-4-8-20(22)27/h3-12,15H,13H2,1-2H3,(H,28,30)(H,29,31)/t15-/m1/s1. The van der Waals surface area contributed by atoms with Gasteiger partial charge in [0.2, 0.25) is 0 Å². The van der Waals surface area contributed by atoms with Crippen LogP contribution in [0.3, 0.4) is 0 Å². The van der Waals surface area contributed by atoms with Crippen LogP contribution in [0, 0.1) is 6.92 Å². The average molecular weight is 476 g/mol. The molecule has 0 heterocycles. The number of hydrogen-bond acceptors (Lipinski definition) is 2. The van der Waals surface area contributed by atoms with Crippen molar-refractivity contribution in [1.29, 1.82) is 0 Å². The van der Waals surface area contributed by atoms with Crippen LogP contribution < -0.4 is 10.6 Å². The van der Waals surface area contributed by atoms with Gasteiger partial charge in [0.15, 0.2) is 0 Å². The maximum atomic E-state index is 12.6. The summed E-state index contributed by atoms with van der Waals surface area (Å²) in [5, 5.41) is 6.80. The number of nitrogens with one attached hydrogen (secondary N) is 2. The molecule has 0 saturated heterocycles. The van der Waals surface area contributed by atoms with Gasteiger partial charge in [0, 0.05) is 11.7 Å². The van der Waals surface area contributed by atoms with Gasteiger partial charge in [-0.3, -0.25) is 9.59 Å². The molecule has 0 bridgehead atoms. The highest BCUT2D eigenvalue weighted by Crippen LogP contribution is 2.25. The first-order chi connectivity index (χ1) is 14.8. The molecule has 7 heteroatoms. The first kappa shape index (κ1) is 23.1. The van der Waals surface area contributed by atoms with E-state index in [0.717, 1.165) is 11.1 Å². The summed E-state index contributed by atoms with van der Waals surface area (Å²) in [5.41, 5.74) is 3.19. The van der Waals surface area contributed by atoms with Gasteiger partial charge < -0.3 is 10.6 Å². The van der Waals surface area contributed by atoms with E-state index >= 15 is 0 Å². The zero-order valence-corrected chi connectivity index (χ0v) is 19.3. The molecule has 1 atom stereocenters. The molecule has 2 amide bonds. The van der Waals surface area contributed by atoms with Crippen molar-refractivity contribution in [3.63, 3.8) is 0 Å². The van der Waals surface area contributed by atoms with Gasteiger partial charge in [0.1, 0.15) is 0 Å². The van der Waals surface area contributed by atoms with Gasteiger partial charge in [-0.15, -0.1) is 0 Å². The Morgan fingerprint density at radius 1 is 0.806 bits per heavy atom. The molecule has 3 rings (SSSR count). The number of benzene rings is 3. The lowest BCUT2D eigenvalue weighted by atomic mass is 10.0. The number of carbonyl (C=O) groups is 2. The van der Waals surface area contributed by atoms with E-state index in [0.29, 0.717) is 32.7 Å². The van der Waals surface area contributed by atoms with Gasteiger partial charge in [-0.05, 0) is 61.7 Å². The Morgan fingerprint density at radius 2 is 1.35 bits per heavy atom. The van der Waals surface area contributed by atoms with Crippen molar-refractivity contribution in [2.45, 2.75) is 26.3 Å². The molecule has 160 valence electrons. The van der Waals surface area contributed by atoms with Crippen molar-refractivity contribution in [1.82, 2.24) is 5.32 Å². The van der Waals surface area contributed by atoms with E-state index in [1.807, 2.05) is 38.1 Å². The lowest BCUT2D eigenvalue weighted by Crippen LogP contribution is -2.34. The van der Waals surface area contributed by atoms with Crippen molar-refractivity contribution in [3.05, 3.63) is 98.0 Å². The topological polar surface area (TPSA) is 58.2 Å². The van der Waals surface area contributed by atoms with Gasteiger partial charge in [0.25, 0.3) is 11.8 Å². The summed E-state index contributed by atoms with van der Waals surface area (Å²) >= 11 is 18.4. The minimum Gasteiger partial charge on any atom is -0.349 e. The lowest BCUT2D eigenvalue weighted by molar-refractivity contribution is 0.0938. The van der Waals surface area contributed by atoms with Crippen molar-refractivity contribution in [3.8, 4) is 0 Å². The molecule has 0 radical (unpaired) electrons. The van der Waals surface area contributed by atoms with Gasteiger partial charge >= 0.3 is 0 Å². The van der Waals surface area contributed by atoms with Crippen LogP contribution in [0.5, 0.6) is 0 Å². The maximum absolute atomic E-state index is 12.6. The Hall–Kier alpha value is -2.53. The van der Waals surface area contributed by atoms with Crippen LogP contribution in [0.25, 0.3) is 0 Å². The summed E-state index contributed by atoms with van der Waals surface area (Å²) in [4.78, 5) is 25.1. The summed E-state index contributed by atoms with van der Waals surface area (Å²) in [6, 6.07) is 17.6. The number of halogens is 3. The minimum atomic E-state index is -0.376. The largest absolute Gasteiger partial charge is 0.349 e. The fourth-order valence-corrected chi connectivity index (χ4v) is 4.13. The average Bonchev–Trinajstić information content (AvgIpc) is 2.69. The smallest absolute Gasteiger partial charge is 0.258 e. The molecule has 0 unspecified atom stereocenters. The van der Waals surface area contributed by atoms with E-state index < -0.39 is 0 Å². The van der Waals surface area contributed by atoms with Crippen molar-refractivity contribution >= 4 is 52.3 Å². The third kappa shape index (κ3) is 5.79. The summed E-state index contributed by atoms with van der Waals surface area (Å²) in [5.74, 6) is -0.574. The Morgan fingerprint density at radius 3 is 1.94 bits per heavy atom. The van der Waals surface area contributed by atoms with Crippen LogP contribution in [0.2, 0.25) is 15.1 Å². The van der Waals surface area contributed by atoms with Crippen LogP contribution in [-0.2, 0) is 6.42 Å². The molecule has 0 aromatic heterocycles. The van der Waals surface area contributed by atoms with Crippen molar-refractivity contribution in [2.24, 2.45) is 0 Å². The molecule has 0 spiro atoms. The molecule has 0 aliphatic rings. The van der Waals surface area contributed by atoms with E-state index in [1.54, 1.807) is 36.4 Å². The monoisotopic (exact) mass is 474 g/mol. The minimum absolute atomic E-state index is 0.106. The second-order valence-corrected chi connectivity index (χ2v) is 8.48. The van der Waals surface area contributed by atoms with Gasteiger partial charge in [-0.2, -0.15) is 0 Å². The van der Waals surface area contributed by atoms with Crippen LogP contribution in [0.15, 0.2) is 60.7 Å². The molecule has 4 nitrogen and oxygen atoms in total. The molecule has 3 aromatic rings. The van der Waals surface area contributed by atoms with E-state index in [-0.39, 0.29) is 23.4 Å². The number of amides is 2. The number of hydrogen-bond donors (Lipinski definition) is 2. The maximum Gasteiger partial charge on any atom is 0.258 e. The fourth-order valence-electron chi connectivity index (χ4n) is 3.25. The molecule has 0 saturated carbocycles. The van der Waals surface area contributed by atoms with Crippen LogP contribution in [0.1, 0.15) is 38.8 Å². The number of anilines is 1. The number of aryl methyl sites for hydroxylation is 1. The number of carbonyl (C=O) groups excluding carboxylic acids is 2. The molecule has 0 fully saturated rings. The first-order valence-corrected chi connectivity index (χ1v) is 10.8. The van der Waals surface area contributed by atoms with Crippen LogP contribution in [0.4, 0.5) is 5.69 Å². The zero-order chi connectivity index (χ0) is 22.5. The summed E-state index contributed by atoms with van der Waals surface area (Å²) in [7, 11) is 0. The van der Waals surface area contributed by atoms with Crippen LogP contribution >= 0.6 is 34.8 Å². The quantitative estimate of drug-likeness (QED) is 0.424. The molecule has 0 aliphatic carbocycles. The highest BCUT2D eigenvalue weighted by Gasteiger charge is 2.17. The Labute approximate surface area is 196 Å². The first-order valence-electron chi connectivity index (χ1n) is 9.66. The Balaban J connectivity index is 1.61. The predicted octanol–water partition coefficient (Wildman–Crippen LogP) is 6.57. The van der Waals surface area contributed by atoms with E-state index in [9.17, 15) is 9.59 Å². The highest BCUT2D eigenvalue weighted by atomic mass is 35.5. The summed E-state index contributed by atoms with van der Waals surface area (Å²) in [6.45, 7) is 3.79. The van der Waals surface area contributed by atoms with Gasteiger partial charge in [-0.1, -0.05) is 65.1 Å². The molecular weight excluding hydrogens is 455 g/mol. The van der Waals surface area contributed by atoms with Crippen molar-refractivity contribution in [2.75, 3.05) is 5.32 Å². The third-order valence-electron chi connectivity index (χ3n) is 4.77. The van der Waals surface area contributed by atoms with E-state index in [1.165, 1.54) is 0 Å². The number of rotatable bonds is 6. The van der Waals surface area contributed by atoms with Crippen molar-refractivity contribution < 1.29 is 9.59 Å². The summed E-state index contributed by atoms with van der Waals surface area (Å²) < 4.78 is 0. The highest BCUT2D eigenvalue weighted by molar-refractivity contribution is 6.40. The zero-order valence-electron chi connectivity index (χ0n) is 17.0. The van der Waals surface area contributed by atoms with E-state index in [2.05, 4.69) is 10.6 Å². The fraction of sp³-hybridized carbons (Fsp3) is 0.167. The SMILES string of the molecule is Cc1cccc(Cl)c1C(=O)N[C@H](C)Cc1ccc(NC(=O)c2c(Cl)cccc2Cl)cc1. The third-order valence-corrected chi connectivity index (χ3v) is 5.71. The van der Waals surface area contributed by atoms with E-state index in [4.69, 9.17) is 34.8 Å². The molecule has 0 aliphatic heterocycles. The van der Waals surface area contributed by atoms with Gasteiger partial charge in [-0.25, -0.2) is 0 Å². The second-order valence-electron chi connectivity index (χ2n) is 7.26. The second kappa shape index (κ2) is 10.2. The molecule has 31 heavy (non-hydrogen) atoms. The predicted molar refractivity (Wildman–Crippen MR) is 128 cm³/mol. The summed E-state index contributed by atoms with van der Waals surface area (Å²) in [6.07, 6.45) is 0.625. The van der Waals surface area contributed by atoms with Crippen LogP contribution in [-0.4, -0.2) is 17.9 Å². The molecular formula is C24H21Cl3N2O2. The van der Waals surface area contributed by atoms with Gasteiger partial charge in [0.05, 0.1) is 26.2 Å². The lowest BCUT2D eigenvalue weighted by Gasteiger charge is -2.16.